The molecule has 0 spiro atoms. The van der Waals surface area contributed by atoms with E-state index in [0.717, 1.165) is 9.35 Å². The molecule has 0 fully saturated rings. The van der Waals surface area contributed by atoms with Crippen LogP contribution in [0.5, 0.6) is 0 Å². The molecule has 16 heavy (non-hydrogen) atoms. The van der Waals surface area contributed by atoms with Gasteiger partial charge in [-0.3, -0.25) is 0 Å². The van der Waals surface area contributed by atoms with Gasteiger partial charge in [0.1, 0.15) is 5.25 Å². The van der Waals surface area contributed by atoms with Gasteiger partial charge in [0.05, 0.1) is 4.99 Å². The monoisotopic (exact) mass is 342 g/mol. The van der Waals surface area contributed by atoms with Crippen molar-refractivity contribution in [2.75, 3.05) is 0 Å². The second-order valence-electron chi connectivity index (χ2n) is 3.10. The topological polar surface area (TPSA) is 72.2 Å². The van der Waals surface area contributed by atoms with E-state index < -0.39 is 15.3 Å². The fourth-order valence-corrected chi connectivity index (χ4v) is 3.70. The Bertz CT molecular complexity index is 483. The van der Waals surface area contributed by atoms with Gasteiger partial charge in [0.25, 0.3) is 0 Å². The maximum atomic E-state index is 11.7. The summed E-state index contributed by atoms with van der Waals surface area (Å²) in [4.78, 5) is 0.886. The molecule has 1 heterocycles. The number of hydrogen-bond donors (Lipinski definition) is 2. The third-order valence-electron chi connectivity index (χ3n) is 1.99. The Morgan fingerprint density at radius 3 is 2.81 bits per heavy atom. The van der Waals surface area contributed by atoms with E-state index in [9.17, 15) is 8.42 Å². The average molecular weight is 343 g/mol. The van der Waals surface area contributed by atoms with Gasteiger partial charge in [0, 0.05) is 15.9 Å². The van der Waals surface area contributed by atoms with Crippen molar-refractivity contribution in [3.8, 4) is 0 Å². The highest BCUT2D eigenvalue weighted by atomic mass is 79.9. The number of rotatable bonds is 5. The lowest BCUT2D eigenvalue weighted by Gasteiger charge is -2.11. The molecule has 0 saturated carbocycles. The third kappa shape index (κ3) is 3.49. The first-order valence-electron chi connectivity index (χ1n) is 4.34. The summed E-state index contributed by atoms with van der Waals surface area (Å²) in [5, 5.41) is 1.02. The molecule has 0 saturated heterocycles. The molecule has 1 rings (SSSR count). The van der Waals surface area contributed by atoms with E-state index in [1.54, 1.807) is 0 Å². The van der Waals surface area contributed by atoms with E-state index in [1.165, 1.54) is 18.3 Å². The van der Waals surface area contributed by atoms with Gasteiger partial charge in [-0.25, -0.2) is 13.1 Å². The SMILES string of the molecule is CC(C(N)=S)S(=O)(=O)NCc1sccc1Br. The maximum Gasteiger partial charge on any atom is 0.221 e. The van der Waals surface area contributed by atoms with Crippen molar-refractivity contribution in [3.05, 3.63) is 20.8 Å². The van der Waals surface area contributed by atoms with E-state index in [4.69, 9.17) is 5.73 Å². The Hall–Kier alpha value is -0.0200. The minimum absolute atomic E-state index is 0.0299. The van der Waals surface area contributed by atoms with Crippen LogP contribution in [-0.2, 0) is 16.6 Å². The highest BCUT2D eigenvalue weighted by molar-refractivity contribution is 9.10. The minimum Gasteiger partial charge on any atom is -0.392 e. The zero-order valence-electron chi connectivity index (χ0n) is 8.44. The molecule has 4 nitrogen and oxygen atoms in total. The predicted octanol–water partition coefficient (Wildman–Crippen LogP) is 1.60. The first-order chi connectivity index (χ1) is 7.34. The number of hydrogen-bond acceptors (Lipinski definition) is 4. The molecule has 0 bridgehead atoms. The first-order valence-corrected chi connectivity index (χ1v) is 7.97. The van der Waals surface area contributed by atoms with E-state index in [0.29, 0.717) is 0 Å². The van der Waals surface area contributed by atoms with Crippen LogP contribution >= 0.6 is 39.5 Å². The van der Waals surface area contributed by atoms with Crippen molar-refractivity contribution in [2.24, 2.45) is 5.73 Å². The largest absolute Gasteiger partial charge is 0.392 e. The Balaban J connectivity index is 2.69. The summed E-state index contributed by atoms with van der Waals surface area (Å²) in [5.41, 5.74) is 5.31. The van der Waals surface area contributed by atoms with Crippen LogP contribution in [0.1, 0.15) is 11.8 Å². The summed E-state index contributed by atoms with van der Waals surface area (Å²) in [6.45, 7) is 1.71. The number of nitrogens with one attached hydrogen (secondary N) is 1. The van der Waals surface area contributed by atoms with Crippen molar-refractivity contribution in [2.45, 2.75) is 18.7 Å². The minimum atomic E-state index is -3.48. The van der Waals surface area contributed by atoms with Gasteiger partial charge in [-0.15, -0.1) is 11.3 Å². The summed E-state index contributed by atoms with van der Waals surface area (Å²) < 4.78 is 26.7. The lowest BCUT2D eigenvalue weighted by molar-refractivity contribution is 0.578. The molecule has 1 unspecified atom stereocenters. The van der Waals surface area contributed by atoms with Crippen molar-refractivity contribution in [1.82, 2.24) is 4.72 Å². The maximum absolute atomic E-state index is 11.7. The van der Waals surface area contributed by atoms with E-state index in [1.807, 2.05) is 11.4 Å². The summed E-state index contributed by atoms with van der Waals surface area (Å²) in [7, 11) is -3.48. The van der Waals surface area contributed by atoms with E-state index in [-0.39, 0.29) is 11.5 Å². The van der Waals surface area contributed by atoms with Crippen LogP contribution in [0.4, 0.5) is 0 Å². The van der Waals surface area contributed by atoms with Crippen LogP contribution in [0, 0.1) is 0 Å². The Morgan fingerprint density at radius 1 is 1.75 bits per heavy atom. The van der Waals surface area contributed by atoms with Gasteiger partial charge in [-0.05, 0) is 34.3 Å². The van der Waals surface area contributed by atoms with Gasteiger partial charge in [0.15, 0.2) is 0 Å². The van der Waals surface area contributed by atoms with Crippen LogP contribution in [0.15, 0.2) is 15.9 Å². The highest BCUT2D eigenvalue weighted by Crippen LogP contribution is 2.22. The number of halogens is 1. The molecule has 0 aliphatic carbocycles. The van der Waals surface area contributed by atoms with Gasteiger partial charge < -0.3 is 5.73 Å². The van der Waals surface area contributed by atoms with Crippen molar-refractivity contribution in [1.29, 1.82) is 0 Å². The first kappa shape index (κ1) is 14.0. The molecule has 1 aromatic heterocycles. The van der Waals surface area contributed by atoms with Gasteiger partial charge in [-0.1, -0.05) is 12.2 Å². The summed E-state index contributed by atoms with van der Waals surface area (Å²) in [6.07, 6.45) is 0. The molecule has 1 atom stereocenters. The van der Waals surface area contributed by atoms with Crippen molar-refractivity contribution < 1.29 is 8.42 Å². The van der Waals surface area contributed by atoms with E-state index in [2.05, 4.69) is 32.9 Å². The molecule has 0 aliphatic heterocycles. The molecule has 0 aliphatic rings. The predicted molar refractivity (Wildman–Crippen MR) is 74.0 cm³/mol. The quantitative estimate of drug-likeness (QED) is 0.797. The van der Waals surface area contributed by atoms with Crippen LogP contribution in [0.3, 0.4) is 0 Å². The molecule has 3 N–H and O–H groups in total. The number of thiocarbonyl (C=S) groups is 1. The lowest BCUT2D eigenvalue weighted by Crippen LogP contribution is -2.39. The second-order valence-corrected chi connectivity index (χ2v) is 7.51. The fourth-order valence-electron chi connectivity index (χ4n) is 0.895. The molecule has 0 radical (unpaired) electrons. The van der Waals surface area contributed by atoms with Gasteiger partial charge >= 0.3 is 0 Å². The highest BCUT2D eigenvalue weighted by Gasteiger charge is 2.22. The molecule has 1 aromatic rings. The summed E-state index contributed by atoms with van der Waals surface area (Å²) >= 11 is 9.46. The summed E-state index contributed by atoms with van der Waals surface area (Å²) in [6, 6.07) is 1.87. The zero-order chi connectivity index (χ0) is 12.3. The van der Waals surface area contributed by atoms with Crippen molar-refractivity contribution in [3.63, 3.8) is 0 Å². The van der Waals surface area contributed by atoms with Crippen LogP contribution in [-0.4, -0.2) is 18.7 Å². The van der Waals surface area contributed by atoms with Crippen molar-refractivity contribution >= 4 is 54.5 Å². The fraction of sp³-hybridized carbons (Fsp3) is 0.375. The van der Waals surface area contributed by atoms with Crippen LogP contribution < -0.4 is 10.5 Å². The lowest BCUT2D eigenvalue weighted by atomic mass is 10.5. The molecular weight excluding hydrogens is 332 g/mol. The Kier molecular flexibility index (Phi) is 4.87. The summed E-state index contributed by atoms with van der Waals surface area (Å²) in [5.74, 6) is 0. The Labute approximate surface area is 112 Å². The number of sulfonamides is 1. The number of nitrogens with two attached hydrogens (primary N) is 1. The molecular formula is C8H11BrN2O2S3. The standard InChI is InChI=1S/C8H11BrN2O2S3/c1-5(8(10)14)16(12,13)11-4-7-6(9)2-3-15-7/h2-3,5,11H,4H2,1H3,(H2,10,14). The van der Waals surface area contributed by atoms with Gasteiger partial charge in [0.2, 0.25) is 10.0 Å². The van der Waals surface area contributed by atoms with E-state index >= 15 is 0 Å². The molecule has 90 valence electrons. The second kappa shape index (κ2) is 5.54. The third-order valence-corrected chi connectivity index (χ3v) is 6.15. The smallest absolute Gasteiger partial charge is 0.221 e. The zero-order valence-corrected chi connectivity index (χ0v) is 12.5. The van der Waals surface area contributed by atoms with Gasteiger partial charge in [-0.2, -0.15) is 0 Å². The molecule has 0 aromatic carbocycles. The normalized spacial score (nSPS) is 13.6. The number of thiophene rings is 1. The van der Waals surface area contributed by atoms with Crippen LogP contribution in [0.2, 0.25) is 0 Å². The average Bonchev–Trinajstić information content (AvgIpc) is 2.60. The molecule has 0 amide bonds. The van der Waals surface area contributed by atoms with Crippen LogP contribution in [0.25, 0.3) is 0 Å². The Morgan fingerprint density at radius 2 is 2.38 bits per heavy atom. The molecule has 8 heteroatoms.